The summed E-state index contributed by atoms with van der Waals surface area (Å²) >= 11 is 12.7. The van der Waals surface area contributed by atoms with Crippen LogP contribution >= 0.6 is 23.2 Å². The minimum atomic E-state index is -1.03. The van der Waals surface area contributed by atoms with Crippen LogP contribution in [0.25, 0.3) is 33.9 Å². The Morgan fingerprint density at radius 2 is 0.984 bits per heavy atom. The van der Waals surface area contributed by atoms with Gasteiger partial charge in [-0.15, -0.1) is 0 Å². The second kappa shape index (κ2) is 19.5. The van der Waals surface area contributed by atoms with Gasteiger partial charge in [-0.1, -0.05) is 83.9 Å². The van der Waals surface area contributed by atoms with Gasteiger partial charge in [0.2, 0.25) is 0 Å². The molecule has 0 aliphatic rings. The molecular weight excluding hydrogens is 835 g/mol. The van der Waals surface area contributed by atoms with Crippen molar-refractivity contribution in [1.29, 1.82) is 0 Å². The number of hydrogen-bond donors (Lipinski definition) is 3. The van der Waals surface area contributed by atoms with Gasteiger partial charge >= 0.3 is 11.9 Å². The Kier molecular flexibility index (Phi) is 13.5. The fraction of sp³-hybridized carbons (Fsp3) is 0.0980. The number of halogens is 2. The highest BCUT2D eigenvalue weighted by molar-refractivity contribution is 6.31. The first-order valence-corrected chi connectivity index (χ1v) is 20.6. The molecular formula is C51H44Cl2N4O6. The summed E-state index contributed by atoms with van der Waals surface area (Å²) < 4.78 is 21.1. The lowest BCUT2D eigenvalue weighted by Gasteiger charge is -2.17. The molecule has 0 saturated carbocycles. The maximum absolute atomic E-state index is 12.1. The zero-order chi connectivity index (χ0) is 44.6. The molecule has 8 aromatic rings. The van der Waals surface area contributed by atoms with E-state index in [2.05, 4.69) is 0 Å². The van der Waals surface area contributed by atoms with Crippen molar-refractivity contribution >= 4 is 46.5 Å². The van der Waals surface area contributed by atoms with Crippen LogP contribution in [0.4, 0.5) is 11.4 Å². The van der Waals surface area contributed by atoms with Crippen molar-refractivity contribution in [3.63, 3.8) is 0 Å². The third-order valence-electron chi connectivity index (χ3n) is 10.1. The number of rotatable bonds is 12. The van der Waals surface area contributed by atoms with Crippen LogP contribution in [0.2, 0.25) is 10.0 Å². The Morgan fingerprint density at radius 3 is 1.41 bits per heavy atom. The van der Waals surface area contributed by atoms with Crippen LogP contribution in [0.1, 0.15) is 43.2 Å². The van der Waals surface area contributed by atoms with E-state index in [9.17, 15) is 14.7 Å². The van der Waals surface area contributed by atoms with E-state index in [-0.39, 0.29) is 5.56 Å². The summed E-state index contributed by atoms with van der Waals surface area (Å²) in [4.78, 5) is 23.7. The fourth-order valence-electron chi connectivity index (χ4n) is 7.20. The van der Waals surface area contributed by atoms with Gasteiger partial charge in [0.1, 0.15) is 24.7 Å². The average Bonchev–Trinajstić information content (AvgIpc) is 3.87. The number of aromatic carboxylic acids is 1. The number of carboxylic acids is 1. The van der Waals surface area contributed by atoms with E-state index in [1.54, 1.807) is 36.4 Å². The van der Waals surface area contributed by atoms with Crippen molar-refractivity contribution in [2.24, 2.45) is 0 Å². The van der Waals surface area contributed by atoms with Crippen LogP contribution in [0.5, 0.6) is 11.5 Å². The van der Waals surface area contributed by atoms with E-state index in [1.807, 2.05) is 138 Å². The molecule has 0 bridgehead atoms. The van der Waals surface area contributed by atoms with E-state index >= 15 is 0 Å². The normalized spacial score (nSPS) is 10.7. The Labute approximate surface area is 375 Å². The monoisotopic (exact) mass is 878 g/mol. The molecule has 12 heteroatoms. The molecule has 0 radical (unpaired) electrons. The van der Waals surface area contributed by atoms with Crippen LogP contribution < -0.4 is 20.9 Å². The number of aryl methyl sites for hydroxylation is 2. The molecule has 0 amide bonds. The van der Waals surface area contributed by atoms with E-state index < -0.39 is 11.9 Å². The highest BCUT2D eigenvalue weighted by Gasteiger charge is 2.19. The van der Waals surface area contributed by atoms with Crippen LogP contribution in [-0.2, 0) is 18.0 Å². The van der Waals surface area contributed by atoms with Gasteiger partial charge in [-0.2, -0.15) is 0 Å². The van der Waals surface area contributed by atoms with Gasteiger partial charge < -0.3 is 39.9 Å². The highest BCUT2D eigenvalue weighted by Crippen LogP contribution is 2.38. The molecule has 8 rings (SSSR count). The topological polar surface area (TPSA) is 144 Å². The lowest BCUT2D eigenvalue weighted by atomic mass is 10.1. The molecule has 6 aromatic carbocycles. The number of carboxylic acid groups (broad SMARTS) is 1. The van der Waals surface area contributed by atoms with Gasteiger partial charge in [0, 0.05) is 55.3 Å². The van der Waals surface area contributed by atoms with E-state index in [0.29, 0.717) is 57.4 Å². The molecule has 318 valence electrons. The number of ether oxygens (including phenoxy) is 3. The van der Waals surface area contributed by atoms with E-state index in [0.717, 1.165) is 50.7 Å². The number of aromatic nitrogens is 2. The highest BCUT2D eigenvalue weighted by atomic mass is 35.5. The van der Waals surface area contributed by atoms with Crippen molar-refractivity contribution in [1.82, 2.24) is 9.13 Å². The van der Waals surface area contributed by atoms with Crippen molar-refractivity contribution in [3.05, 3.63) is 201 Å². The summed E-state index contributed by atoms with van der Waals surface area (Å²) in [5.74, 6) is -0.0984. The van der Waals surface area contributed by atoms with Gasteiger partial charge in [0.05, 0.1) is 29.6 Å². The number of carbonyl (C=O) groups is 2. The Bertz CT molecular complexity index is 2910. The second-order valence-electron chi connectivity index (χ2n) is 14.6. The lowest BCUT2D eigenvalue weighted by molar-refractivity contribution is 0.0599. The molecule has 0 fully saturated rings. The zero-order valence-electron chi connectivity index (χ0n) is 34.7. The second-order valence-corrected chi connectivity index (χ2v) is 15.5. The summed E-state index contributed by atoms with van der Waals surface area (Å²) in [6, 6.07) is 48.8. The van der Waals surface area contributed by atoms with Gasteiger partial charge in [-0.25, -0.2) is 9.59 Å². The third kappa shape index (κ3) is 10.4. The number of nitrogens with two attached hydrogens (primary N) is 2. The van der Waals surface area contributed by atoms with E-state index in [1.165, 1.54) is 13.2 Å². The van der Waals surface area contributed by atoms with Crippen molar-refractivity contribution < 1.29 is 28.9 Å². The first-order valence-electron chi connectivity index (χ1n) is 19.8. The minimum absolute atomic E-state index is 0.126. The third-order valence-corrected chi connectivity index (χ3v) is 10.6. The number of nitrogens with zero attached hydrogens (tertiary/aromatic N) is 2. The molecule has 0 spiro atoms. The van der Waals surface area contributed by atoms with Gasteiger partial charge in [0.25, 0.3) is 0 Å². The number of nitrogen functional groups attached to an aromatic ring is 2. The molecule has 63 heavy (non-hydrogen) atoms. The van der Waals surface area contributed by atoms with Crippen LogP contribution in [-0.4, -0.2) is 33.3 Å². The SMILES string of the molecule is COC(=O)c1cc(N)cc(-n2c(C)ccc2-c2cc(Cl)ccc2OCc2ccccc2)c1.Cc1ccc(-c2cc(Cl)ccc2OCc2ccccc2)n1-c1cc(N)cc(C(=O)O)c1. The van der Waals surface area contributed by atoms with Gasteiger partial charge in [-0.3, -0.25) is 0 Å². The Morgan fingerprint density at radius 1 is 0.556 bits per heavy atom. The largest absolute Gasteiger partial charge is 0.488 e. The molecule has 0 saturated heterocycles. The first-order chi connectivity index (χ1) is 30.4. The maximum atomic E-state index is 12.1. The Hall–Kier alpha value is -7.40. The van der Waals surface area contributed by atoms with Crippen LogP contribution in [0.3, 0.4) is 0 Å². The number of esters is 1. The summed E-state index contributed by atoms with van der Waals surface area (Å²) in [7, 11) is 1.35. The molecule has 0 atom stereocenters. The number of carbonyl (C=O) groups excluding carboxylic acids is 1. The van der Waals surface area contributed by atoms with Crippen LogP contribution in [0.15, 0.2) is 158 Å². The molecule has 10 nitrogen and oxygen atoms in total. The lowest BCUT2D eigenvalue weighted by Crippen LogP contribution is -2.06. The molecule has 0 unspecified atom stereocenters. The predicted octanol–water partition coefficient (Wildman–Crippen LogP) is 12.0. The smallest absolute Gasteiger partial charge is 0.337 e. The van der Waals surface area contributed by atoms with Crippen molar-refractivity contribution in [2.45, 2.75) is 27.1 Å². The van der Waals surface area contributed by atoms with Gasteiger partial charge in [-0.05, 0) is 122 Å². The number of hydrogen-bond acceptors (Lipinski definition) is 7. The quantitative estimate of drug-likeness (QED) is 0.0813. The Balaban J connectivity index is 0.000000189. The number of methoxy groups -OCH3 is 1. The first kappa shape index (κ1) is 43.7. The van der Waals surface area contributed by atoms with Crippen LogP contribution in [0, 0.1) is 13.8 Å². The average molecular weight is 880 g/mol. The maximum Gasteiger partial charge on any atom is 0.337 e. The summed E-state index contributed by atoms with van der Waals surface area (Å²) in [5, 5.41) is 10.6. The predicted molar refractivity (Wildman–Crippen MR) is 251 cm³/mol. The van der Waals surface area contributed by atoms with E-state index in [4.69, 9.17) is 48.9 Å². The van der Waals surface area contributed by atoms with Gasteiger partial charge in [0.15, 0.2) is 0 Å². The molecule has 0 aliphatic heterocycles. The molecule has 2 aromatic heterocycles. The zero-order valence-corrected chi connectivity index (χ0v) is 36.2. The summed E-state index contributed by atoms with van der Waals surface area (Å²) in [5.41, 5.74) is 22.2. The molecule has 5 N–H and O–H groups in total. The molecule has 2 heterocycles. The van der Waals surface area contributed by atoms with Crippen molar-refractivity contribution in [3.8, 4) is 45.4 Å². The van der Waals surface area contributed by atoms with Crippen molar-refractivity contribution in [2.75, 3.05) is 18.6 Å². The molecule has 0 aliphatic carbocycles. The number of benzene rings is 6. The standard InChI is InChI=1S/C26H23ClN2O3.C25H21ClN2O3/c1-17-8-10-24(29(17)22-13-19(26(30)31-2)12-21(28)15-22)23-14-20(27)9-11-25(23)32-16-18-6-4-3-5-7-18;1-16-7-9-23(28(16)21-12-18(25(29)30)11-20(27)14-21)22-13-19(26)8-10-24(22)31-15-17-5-3-2-4-6-17/h3-15H,16,28H2,1-2H3;2-14H,15,27H2,1H3,(H,29,30). The minimum Gasteiger partial charge on any atom is -0.488 e. The number of anilines is 2. The summed E-state index contributed by atoms with van der Waals surface area (Å²) in [6.45, 7) is 4.78. The fourth-order valence-corrected chi connectivity index (χ4v) is 7.54. The summed E-state index contributed by atoms with van der Waals surface area (Å²) in [6.07, 6.45) is 0.